The molecule has 0 aliphatic rings. The molecule has 0 heterocycles. The molecule has 0 aromatic heterocycles. The number of rotatable bonds is 4. The first-order valence-electron chi connectivity index (χ1n) is 4.59. The third kappa shape index (κ3) is 2.43. The fourth-order valence-corrected chi connectivity index (χ4v) is 1.45. The van der Waals surface area contributed by atoms with Gasteiger partial charge >= 0.3 is 0 Å². The van der Waals surface area contributed by atoms with Crippen molar-refractivity contribution in [1.29, 1.82) is 0 Å². The molecule has 1 atom stereocenters. The van der Waals surface area contributed by atoms with E-state index in [4.69, 9.17) is 5.11 Å². The maximum absolute atomic E-state index is 9.06. The molecular weight excluding hydrogens is 160 g/mol. The predicted octanol–water partition coefficient (Wildman–Crippen LogP) is 2.51. The number of aliphatic hydroxyl groups is 1. The van der Waals surface area contributed by atoms with E-state index in [0.717, 1.165) is 6.42 Å². The molecule has 0 aliphatic carbocycles. The van der Waals surface area contributed by atoms with Gasteiger partial charge in [-0.15, -0.1) is 6.58 Å². The Balaban J connectivity index is 2.96. The fraction of sp³-hybridized carbons (Fsp3) is 0.333. The lowest BCUT2D eigenvalue weighted by Gasteiger charge is -2.12. The van der Waals surface area contributed by atoms with Crippen molar-refractivity contribution < 1.29 is 5.11 Å². The maximum Gasteiger partial charge on any atom is 0.0497 e. The van der Waals surface area contributed by atoms with E-state index in [1.54, 1.807) is 0 Å². The van der Waals surface area contributed by atoms with Gasteiger partial charge in [-0.1, -0.05) is 37.3 Å². The molecule has 0 aliphatic heterocycles. The van der Waals surface area contributed by atoms with Gasteiger partial charge in [-0.3, -0.25) is 0 Å². The van der Waals surface area contributed by atoms with Gasteiger partial charge in [0.2, 0.25) is 0 Å². The van der Waals surface area contributed by atoms with Crippen molar-refractivity contribution in [3.63, 3.8) is 0 Å². The smallest absolute Gasteiger partial charge is 0.0497 e. The highest BCUT2D eigenvalue weighted by Gasteiger charge is 2.07. The summed E-state index contributed by atoms with van der Waals surface area (Å²) in [5.74, 6) is 0.219. The molecular formula is C12H16O. The summed E-state index contributed by atoms with van der Waals surface area (Å²) in [5, 5.41) is 9.06. The first-order chi connectivity index (χ1) is 6.29. The normalized spacial score (nSPS) is 12.5. The Morgan fingerprint density at radius 3 is 2.77 bits per heavy atom. The van der Waals surface area contributed by atoms with E-state index in [9.17, 15) is 0 Å². The second-order valence-corrected chi connectivity index (χ2v) is 3.28. The Morgan fingerprint density at radius 2 is 2.15 bits per heavy atom. The summed E-state index contributed by atoms with van der Waals surface area (Å²) in [6.07, 6.45) is 2.77. The lowest BCUT2D eigenvalue weighted by atomic mass is 9.95. The van der Waals surface area contributed by atoms with Gasteiger partial charge in [-0.05, 0) is 17.5 Å². The van der Waals surface area contributed by atoms with Crippen LogP contribution in [0.2, 0.25) is 0 Å². The highest BCUT2D eigenvalue weighted by atomic mass is 16.3. The molecule has 1 aromatic rings. The van der Waals surface area contributed by atoms with E-state index in [-0.39, 0.29) is 12.5 Å². The standard InChI is InChI=1S/C12H16O/c1-3-6-11-7-4-5-8-12(11)10(2)9-13/h3-5,7-8,10,13H,1,6,9H2,2H3. The molecule has 1 aromatic carbocycles. The van der Waals surface area contributed by atoms with E-state index in [1.807, 2.05) is 25.1 Å². The quantitative estimate of drug-likeness (QED) is 0.699. The highest BCUT2D eigenvalue weighted by molar-refractivity contribution is 5.31. The monoisotopic (exact) mass is 176 g/mol. The molecule has 0 bridgehead atoms. The summed E-state index contributed by atoms with van der Waals surface area (Å²) in [7, 11) is 0. The van der Waals surface area contributed by atoms with E-state index in [1.165, 1.54) is 11.1 Å². The summed E-state index contributed by atoms with van der Waals surface area (Å²) in [6.45, 7) is 5.95. The van der Waals surface area contributed by atoms with Gasteiger partial charge in [0.05, 0.1) is 0 Å². The lowest BCUT2D eigenvalue weighted by Crippen LogP contribution is -2.02. The third-order valence-corrected chi connectivity index (χ3v) is 2.22. The van der Waals surface area contributed by atoms with Gasteiger partial charge in [0.15, 0.2) is 0 Å². The van der Waals surface area contributed by atoms with Gasteiger partial charge < -0.3 is 5.11 Å². The van der Waals surface area contributed by atoms with Crippen molar-refractivity contribution >= 4 is 0 Å². The zero-order valence-electron chi connectivity index (χ0n) is 8.03. The molecule has 0 fully saturated rings. The number of hydrogen-bond donors (Lipinski definition) is 1. The third-order valence-electron chi connectivity index (χ3n) is 2.22. The zero-order chi connectivity index (χ0) is 9.68. The average Bonchev–Trinajstić information content (AvgIpc) is 2.18. The van der Waals surface area contributed by atoms with Gasteiger partial charge in [-0.25, -0.2) is 0 Å². The molecule has 1 nitrogen and oxygen atoms in total. The first kappa shape index (κ1) is 10.0. The summed E-state index contributed by atoms with van der Waals surface area (Å²) < 4.78 is 0. The fourth-order valence-electron chi connectivity index (χ4n) is 1.45. The van der Waals surface area contributed by atoms with E-state index in [2.05, 4.69) is 18.7 Å². The van der Waals surface area contributed by atoms with Crippen LogP contribution in [-0.4, -0.2) is 11.7 Å². The Labute approximate surface area is 79.7 Å². The molecule has 70 valence electrons. The van der Waals surface area contributed by atoms with Crippen LogP contribution in [0.25, 0.3) is 0 Å². The topological polar surface area (TPSA) is 20.2 Å². The van der Waals surface area contributed by atoms with Crippen LogP contribution in [0.5, 0.6) is 0 Å². The Kier molecular flexibility index (Phi) is 3.71. The van der Waals surface area contributed by atoms with Gasteiger partial charge in [-0.2, -0.15) is 0 Å². The summed E-state index contributed by atoms with van der Waals surface area (Å²) >= 11 is 0. The maximum atomic E-state index is 9.06. The summed E-state index contributed by atoms with van der Waals surface area (Å²) in [6, 6.07) is 8.18. The molecule has 0 radical (unpaired) electrons. The molecule has 1 N–H and O–H groups in total. The molecule has 0 saturated heterocycles. The number of hydrogen-bond acceptors (Lipinski definition) is 1. The number of benzene rings is 1. The molecule has 13 heavy (non-hydrogen) atoms. The van der Waals surface area contributed by atoms with Gasteiger partial charge in [0.1, 0.15) is 0 Å². The van der Waals surface area contributed by atoms with Crippen molar-refractivity contribution in [1.82, 2.24) is 0 Å². The van der Waals surface area contributed by atoms with E-state index < -0.39 is 0 Å². The minimum absolute atomic E-state index is 0.203. The van der Waals surface area contributed by atoms with E-state index in [0.29, 0.717) is 0 Å². The first-order valence-corrected chi connectivity index (χ1v) is 4.59. The van der Waals surface area contributed by atoms with Crippen molar-refractivity contribution in [2.45, 2.75) is 19.3 Å². The van der Waals surface area contributed by atoms with Crippen molar-refractivity contribution in [2.75, 3.05) is 6.61 Å². The number of allylic oxidation sites excluding steroid dienone is 1. The van der Waals surface area contributed by atoms with Crippen LogP contribution in [0.15, 0.2) is 36.9 Å². The largest absolute Gasteiger partial charge is 0.396 e. The van der Waals surface area contributed by atoms with Crippen LogP contribution in [0.4, 0.5) is 0 Å². The van der Waals surface area contributed by atoms with Crippen LogP contribution < -0.4 is 0 Å². The minimum atomic E-state index is 0.203. The van der Waals surface area contributed by atoms with E-state index >= 15 is 0 Å². The Bertz CT molecular complexity index is 278. The Hall–Kier alpha value is -1.08. The zero-order valence-corrected chi connectivity index (χ0v) is 8.03. The second-order valence-electron chi connectivity index (χ2n) is 3.28. The average molecular weight is 176 g/mol. The summed E-state index contributed by atoms with van der Waals surface area (Å²) in [4.78, 5) is 0. The van der Waals surface area contributed by atoms with Crippen LogP contribution >= 0.6 is 0 Å². The predicted molar refractivity (Wildman–Crippen MR) is 55.8 cm³/mol. The lowest BCUT2D eigenvalue weighted by molar-refractivity contribution is 0.272. The number of aliphatic hydroxyl groups excluding tert-OH is 1. The Morgan fingerprint density at radius 1 is 1.46 bits per heavy atom. The van der Waals surface area contributed by atoms with Crippen molar-refractivity contribution in [2.24, 2.45) is 0 Å². The van der Waals surface area contributed by atoms with Gasteiger partial charge in [0, 0.05) is 12.5 Å². The molecule has 0 spiro atoms. The molecule has 0 saturated carbocycles. The minimum Gasteiger partial charge on any atom is -0.396 e. The molecule has 0 amide bonds. The van der Waals surface area contributed by atoms with Gasteiger partial charge in [0.25, 0.3) is 0 Å². The van der Waals surface area contributed by atoms with Crippen molar-refractivity contribution in [3.8, 4) is 0 Å². The highest BCUT2D eigenvalue weighted by Crippen LogP contribution is 2.19. The molecule has 1 rings (SSSR count). The van der Waals surface area contributed by atoms with Crippen LogP contribution in [0, 0.1) is 0 Å². The van der Waals surface area contributed by atoms with Crippen LogP contribution in [-0.2, 0) is 6.42 Å². The van der Waals surface area contributed by atoms with Crippen LogP contribution in [0.1, 0.15) is 24.0 Å². The molecule has 1 unspecified atom stereocenters. The molecule has 1 heteroatoms. The van der Waals surface area contributed by atoms with Crippen molar-refractivity contribution in [3.05, 3.63) is 48.0 Å². The van der Waals surface area contributed by atoms with Crippen LogP contribution in [0.3, 0.4) is 0 Å². The second kappa shape index (κ2) is 4.83. The SMILES string of the molecule is C=CCc1ccccc1C(C)CO. The summed E-state index contributed by atoms with van der Waals surface area (Å²) in [5.41, 5.74) is 2.49.